The first kappa shape index (κ1) is 11.5. The second kappa shape index (κ2) is 4.25. The van der Waals surface area contributed by atoms with Crippen molar-refractivity contribution in [1.29, 1.82) is 0 Å². The smallest absolute Gasteiger partial charge is 0.0955 e. The lowest BCUT2D eigenvalue weighted by molar-refractivity contribution is 0.357. The van der Waals surface area contributed by atoms with Crippen LogP contribution in [0.3, 0.4) is 0 Å². The zero-order valence-electron chi connectivity index (χ0n) is 11.0. The number of nitrogens with one attached hydrogen (secondary N) is 1. The Bertz CT molecular complexity index is 540. The molecule has 0 radical (unpaired) electrons. The van der Waals surface area contributed by atoms with Gasteiger partial charge in [0.15, 0.2) is 0 Å². The number of hydrogen-bond acceptors (Lipinski definition) is 2. The second-order valence-corrected chi connectivity index (χ2v) is 5.46. The molecule has 0 fully saturated rings. The molecule has 1 N–H and O–H groups in total. The molecule has 2 heterocycles. The lowest BCUT2D eigenvalue weighted by atomic mass is 9.93. The van der Waals surface area contributed by atoms with E-state index >= 15 is 0 Å². The zero-order chi connectivity index (χ0) is 12.6. The van der Waals surface area contributed by atoms with Gasteiger partial charge in [-0.2, -0.15) is 0 Å². The summed E-state index contributed by atoms with van der Waals surface area (Å²) in [6.45, 7) is 6.37. The van der Waals surface area contributed by atoms with E-state index in [1.165, 1.54) is 17.0 Å². The van der Waals surface area contributed by atoms with E-state index in [1.54, 1.807) is 0 Å². The van der Waals surface area contributed by atoms with E-state index in [1.807, 2.05) is 6.33 Å². The number of fused-ring (bicyclic) bond motifs is 1. The van der Waals surface area contributed by atoms with Crippen molar-refractivity contribution in [2.45, 2.75) is 32.4 Å². The fourth-order valence-electron chi connectivity index (χ4n) is 2.80. The van der Waals surface area contributed by atoms with E-state index in [2.05, 4.69) is 59.0 Å². The number of aromatic nitrogens is 2. The molecule has 1 aromatic heterocycles. The summed E-state index contributed by atoms with van der Waals surface area (Å²) < 4.78 is 2.27. The van der Waals surface area contributed by atoms with Gasteiger partial charge in [-0.1, -0.05) is 30.3 Å². The summed E-state index contributed by atoms with van der Waals surface area (Å²) in [4.78, 5) is 4.57. The van der Waals surface area contributed by atoms with Crippen molar-refractivity contribution in [3.8, 4) is 0 Å². The first-order valence-corrected chi connectivity index (χ1v) is 6.50. The van der Waals surface area contributed by atoms with Gasteiger partial charge in [-0.25, -0.2) is 4.98 Å². The average molecular weight is 241 g/mol. The van der Waals surface area contributed by atoms with Crippen molar-refractivity contribution >= 4 is 0 Å². The lowest BCUT2D eigenvalue weighted by Gasteiger charge is -2.32. The standard InChI is InChI=1S/C15H19N3/c1-15(2)14-13(8-9-17-15)16-11-18(14)10-12-6-4-3-5-7-12/h3-7,11,17H,8-10H2,1-2H3. The van der Waals surface area contributed by atoms with Gasteiger partial charge in [-0.3, -0.25) is 0 Å². The molecule has 2 aromatic rings. The lowest BCUT2D eigenvalue weighted by Crippen LogP contribution is -2.44. The molecular formula is C15H19N3. The van der Waals surface area contributed by atoms with E-state index in [0.717, 1.165) is 19.5 Å². The van der Waals surface area contributed by atoms with Gasteiger partial charge in [-0.05, 0) is 19.4 Å². The Morgan fingerprint density at radius 3 is 2.83 bits per heavy atom. The molecule has 1 aliphatic rings. The highest BCUT2D eigenvalue weighted by molar-refractivity contribution is 5.26. The van der Waals surface area contributed by atoms with Crippen LogP contribution < -0.4 is 5.32 Å². The van der Waals surface area contributed by atoms with Crippen molar-refractivity contribution in [3.63, 3.8) is 0 Å². The molecule has 0 amide bonds. The van der Waals surface area contributed by atoms with Crippen LogP contribution in [0, 0.1) is 0 Å². The summed E-state index contributed by atoms with van der Waals surface area (Å²) >= 11 is 0. The van der Waals surface area contributed by atoms with Crippen molar-refractivity contribution < 1.29 is 0 Å². The van der Waals surface area contributed by atoms with Crippen LogP contribution in [0.2, 0.25) is 0 Å². The molecule has 0 saturated carbocycles. The van der Waals surface area contributed by atoms with Crippen molar-refractivity contribution in [1.82, 2.24) is 14.9 Å². The van der Waals surface area contributed by atoms with Crippen LogP contribution >= 0.6 is 0 Å². The quantitative estimate of drug-likeness (QED) is 0.874. The number of nitrogens with zero attached hydrogens (tertiary/aromatic N) is 2. The van der Waals surface area contributed by atoms with Gasteiger partial charge in [-0.15, -0.1) is 0 Å². The highest BCUT2D eigenvalue weighted by atomic mass is 15.1. The van der Waals surface area contributed by atoms with Crippen LogP contribution in [-0.2, 0) is 18.5 Å². The molecule has 0 aliphatic carbocycles. The summed E-state index contributed by atoms with van der Waals surface area (Å²) in [6.07, 6.45) is 3.01. The minimum Gasteiger partial charge on any atom is -0.328 e. The molecule has 94 valence electrons. The maximum Gasteiger partial charge on any atom is 0.0955 e. The Labute approximate surface area is 108 Å². The highest BCUT2D eigenvalue weighted by Crippen LogP contribution is 2.27. The molecule has 1 aromatic carbocycles. The Hall–Kier alpha value is -1.61. The largest absolute Gasteiger partial charge is 0.328 e. The van der Waals surface area contributed by atoms with Crippen LogP contribution in [0.25, 0.3) is 0 Å². The maximum atomic E-state index is 4.57. The zero-order valence-corrected chi connectivity index (χ0v) is 11.0. The number of benzene rings is 1. The Kier molecular flexibility index (Phi) is 2.71. The molecule has 0 saturated heterocycles. The third-order valence-electron chi connectivity index (χ3n) is 3.63. The third-order valence-corrected chi connectivity index (χ3v) is 3.63. The molecule has 3 rings (SSSR count). The van der Waals surface area contributed by atoms with E-state index in [-0.39, 0.29) is 5.54 Å². The first-order chi connectivity index (χ1) is 8.67. The molecule has 1 aliphatic heterocycles. The van der Waals surface area contributed by atoms with Crippen LogP contribution in [0.5, 0.6) is 0 Å². The Balaban J connectivity index is 1.97. The predicted octanol–water partition coefficient (Wildman–Crippen LogP) is 2.31. The molecular weight excluding hydrogens is 222 g/mol. The highest BCUT2D eigenvalue weighted by Gasteiger charge is 2.31. The monoisotopic (exact) mass is 241 g/mol. The SMILES string of the molecule is CC1(C)NCCc2ncn(Cc3ccccc3)c21. The van der Waals surface area contributed by atoms with Gasteiger partial charge in [0.2, 0.25) is 0 Å². The van der Waals surface area contributed by atoms with Gasteiger partial charge >= 0.3 is 0 Å². The van der Waals surface area contributed by atoms with Crippen molar-refractivity contribution in [2.24, 2.45) is 0 Å². The minimum atomic E-state index is 0.0128. The van der Waals surface area contributed by atoms with Crippen LogP contribution in [0.1, 0.15) is 30.8 Å². The fourth-order valence-corrected chi connectivity index (χ4v) is 2.80. The van der Waals surface area contributed by atoms with Crippen LogP contribution in [0.4, 0.5) is 0 Å². The molecule has 18 heavy (non-hydrogen) atoms. The van der Waals surface area contributed by atoms with Gasteiger partial charge in [0.1, 0.15) is 0 Å². The molecule has 0 atom stereocenters. The van der Waals surface area contributed by atoms with Gasteiger partial charge < -0.3 is 9.88 Å². The predicted molar refractivity (Wildman–Crippen MR) is 72.5 cm³/mol. The van der Waals surface area contributed by atoms with E-state index in [0.29, 0.717) is 0 Å². The summed E-state index contributed by atoms with van der Waals surface area (Å²) in [6, 6.07) is 10.5. The normalized spacial score (nSPS) is 17.4. The number of rotatable bonds is 2. The summed E-state index contributed by atoms with van der Waals surface area (Å²) in [7, 11) is 0. The first-order valence-electron chi connectivity index (χ1n) is 6.50. The van der Waals surface area contributed by atoms with Crippen molar-refractivity contribution in [2.75, 3.05) is 6.54 Å². The number of hydrogen-bond donors (Lipinski definition) is 1. The Morgan fingerprint density at radius 2 is 2.06 bits per heavy atom. The van der Waals surface area contributed by atoms with Gasteiger partial charge in [0, 0.05) is 19.5 Å². The molecule has 3 nitrogen and oxygen atoms in total. The summed E-state index contributed by atoms with van der Waals surface area (Å²) in [5.74, 6) is 0. The second-order valence-electron chi connectivity index (χ2n) is 5.46. The van der Waals surface area contributed by atoms with E-state index < -0.39 is 0 Å². The minimum absolute atomic E-state index is 0.0128. The van der Waals surface area contributed by atoms with E-state index in [4.69, 9.17) is 0 Å². The molecule has 3 heteroatoms. The molecule has 0 bridgehead atoms. The van der Waals surface area contributed by atoms with Crippen LogP contribution in [0.15, 0.2) is 36.7 Å². The fraction of sp³-hybridized carbons (Fsp3) is 0.400. The third kappa shape index (κ3) is 1.95. The number of imidazole rings is 1. The Morgan fingerprint density at radius 1 is 1.28 bits per heavy atom. The van der Waals surface area contributed by atoms with Gasteiger partial charge in [0.25, 0.3) is 0 Å². The van der Waals surface area contributed by atoms with Gasteiger partial charge in [0.05, 0.1) is 23.3 Å². The summed E-state index contributed by atoms with van der Waals surface area (Å²) in [5.41, 5.74) is 3.91. The topological polar surface area (TPSA) is 29.9 Å². The molecule has 0 unspecified atom stereocenters. The maximum absolute atomic E-state index is 4.57. The summed E-state index contributed by atoms with van der Waals surface area (Å²) in [5, 5.41) is 3.57. The molecule has 0 spiro atoms. The van der Waals surface area contributed by atoms with E-state index in [9.17, 15) is 0 Å². The van der Waals surface area contributed by atoms with Crippen LogP contribution in [-0.4, -0.2) is 16.1 Å². The van der Waals surface area contributed by atoms with Crippen molar-refractivity contribution in [3.05, 3.63) is 53.6 Å². The average Bonchev–Trinajstić information content (AvgIpc) is 2.75.